The number of benzene rings is 2. The summed E-state index contributed by atoms with van der Waals surface area (Å²) in [6.07, 6.45) is 0.359. The Labute approximate surface area is 176 Å². The van der Waals surface area contributed by atoms with Gasteiger partial charge < -0.3 is 21.1 Å². The molecule has 28 heavy (non-hydrogen) atoms. The van der Waals surface area contributed by atoms with Gasteiger partial charge in [-0.2, -0.15) is 0 Å². The van der Waals surface area contributed by atoms with Crippen LogP contribution in [0.3, 0.4) is 0 Å². The molecule has 2 rings (SSSR count). The third-order valence-corrected chi connectivity index (χ3v) is 4.02. The van der Waals surface area contributed by atoms with Crippen LogP contribution in [0.2, 0.25) is 5.02 Å². The second-order valence-corrected chi connectivity index (χ2v) is 7.79. The van der Waals surface area contributed by atoms with Gasteiger partial charge in [0.2, 0.25) is 5.91 Å². The van der Waals surface area contributed by atoms with E-state index in [9.17, 15) is 9.59 Å². The number of nitrogen functional groups attached to an aromatic ring is 1. The molecule has 0 unspecified atom stereocenters. The van der Waals surface area contributed by atoms with Crippen LogP contribution in [0.4, 0.5) is 17.1 Å². The summed E-state index contributed by atoms with van der Waals surface area (Å²) in [4.78, 5) is 24.8. The Bertz CT molecular complexity index is 864. The van der Waals surface area contributed by atoms with Gasteiger partial charge in [0.25, 0.3) is 5.91 Å². The van der Waals surface area contributed by atoms with Crippen LogP contribution in [-0.2, 0) is 4.79 Å². The van der Waals surface area contributed by atoms with Crippen molar-refractivity contribution >= 4 is 52.9 Å². The fourth-order valence-corrected chi connectivity index (χ4v) is 2.63. The first kappa shape index (κ1) is 23.6. The lowest BCUT2D eigenvalue weighted by molar-refractivity contribution is -0.117. The van der Waals surface area contributed by atoms with E-state index >= 15 is 0 Å². The molecule has 0 saturated heterocycles. The smallest absolute Gasteiger partial charge is 0.257 e. The molecule has 2 aromatic rings. The molecule has 8 heteroatoms. The molecule has 0 heterocycles. The number of halogens is 2. The predicted molar refractivity (Wildman–Crippen MR) is 117 cm³/mol. The minimum absolute atomic E-state index is 0. The average molecular weight is 426 g/mol. The largest absolute Gasteiger partial charge is 0.497 e. The maximum atomic E-state index is 12.6. The van der Waals surface area contributed by atoms with Gasteiger partial charge in [0, 0.05) is 18.2 Å². The number of anilines is 3. The third kappa shape index (κ3) is 6.62. The maximum Gasteiger partial charge on any atom is 0.257 e. The molecular formula is C20H25Cl2N3O3. The number of hydrogen-bond acceptors (Lipinski definition) is 4. The molecular weight excluding hydrogens is 401 g/mol. The lowest BCUT2D eigenvalue weighted by Crippen LogP contribution is -2.20. The second kappa shape index (κ2) is 9.66. The van der Waals surface area contributed by atoms with Gasteiger partial charge in [0.15, 0.2) is 0 Å². The van der Waals surface area contributed by atoms with Crippen molar-refractivity contribution in [2.24, 2.45) is 5.41 Å². The number of methoxy groups -OCH3 is 1. The van der Waals surface area contributed by atoms with Crippen molar-refractivity contribution in [3.8, 4) is 5.75 Å². The van der Waals surface area contributed by atoms with Gasteiger partial charge in [-0.25, -0.2) is 0 Å². The zero-order valence-electron chi connectivity index (χ0n) is 16.3. The molecule has 0 saturated carbocycles. The predicted octanol–water partition coefficient (Wildman–Crippen LogP) is 4.98. The molecule has 4 N–H and O–H groups in total. The Morgan fingerprint density at radius 3 is 2.39 bits per heavy atom. The Kier molecular flexibility index (Phi) is 8.14. The number of nitrogens with one attached hydrogen (secondary N) is 2. The molecule has 0 radical (unpaired) electrons. The van der Waals surface area contributed by atoms with E-state index in [4.69, 9.17) is 22.1 Å². The summed E-state index contributed by atoms with van der Waals surface area (Å²) in [5.41, 5.74) is 7.30. The summed E-state index contributed by atoms with van der Waals surface area (Å²) in [6, 6.07) is 9.71. The van der Waals surface area contributed by atoms with Crippen LogP contribution in [0.15, 0.2) is 36.4 Å². The van der Waals surface area contributed by atoms with E-state index in [-0.39, 0.29) is 34.3 Å². The van der Waals surface area contributed by atoms with E-state index in [1.165, 1.54) is 13.2 Å². The number of amides is 2. The molecule has 2 aromatic carbocycles. The quantitative estimate of drug-likeness (QED) is 0.588. The van der Waals surface area contributed by atoms with Gasteiger partial charge in [0.05, 0.1) is 29.1 Å². The van der Waals surface area contributed by atoms with Crippen molar-refractivity contribution in [1.29, 1.82) is 0 Å². The Balaban J connectivity index is 0.00000392. The average Bonchev–Trinajstić information content (AvgIpc) is 2.56. The number of nitrogens with two attached hydrogens (primary N) is 1. The van der Waals surface area contributed by atoms with Crippen molar-refractivity contribution in [2.75, 3.05) is 23.5 Å². The molecule has 0 spiro atoms. The number of ether oxygens (including phenoxy) is 1. The highest BCUT2D eigenvalue weighted by molar-refractivity contribution is 6.34. The fraction of sp³-hybridized carbons (Fsp3) is 0.300. The minimum atomic E-state index is -0.438. The van der Waals surface area contributed by atoms with Crippen LogP contribution in [0.1, 0.15) is 37.6 Å². The normalized spacial score (nSPS) is 10.6. The summed E-state index contributed by atoms with van der Waals surface area (Å²) >= 11 is 6.17. The standard InChI is InChI=1S/C20H24ClN3O3.ClH/c1-20(2,3)11-18(25)23-12-5-7-15(21)14(9-12)19(26)24-17-10-13(27-4)6-8-16(17)22;/h5-10H,11,22H2,1-4H3,(H,23,25)(H,24,26);1H. The summed E-state index contributed by atoms with van der Waals surface area (Å²) in [5, 5.41) is 5.78. The SMILES string of the molecule is COc1ccc(N)c(NC(=O)c2cc(NC(=O)CC(C)(C)C)ccc2Cl)c1.Cl. The molecule has 2 amide bonds. The molecule has 6 nitrogen and oxygen atoms in total. The number of rotatable bonds is 5. The van der Waals surface area contributed by atoms with E-state index in [0.29, 0.717) is 29.2 Å². The lowest BCUT2D eigenvalue weighted by Gasteiger charge is -2.17. The van der Waals surface area contributed by atoms with Crippen LogP contribution < -0.4 is 21.1 Å². The van der Waals surface area contributed by atoms with Gasteiger partial charge in [-0.05, 0) is 35.7 Å². The van der Waals surface area contributed by atoms with Gasteiger partial charge in [-0.1, -0.05) is 32.4 Å². The number of carbonyl (C=O) groups excluding carboxylic acids is 2. The number of hydrogen-bond donors (Lipinski definition) is 3. The summed E-state index contributed by atoms with van der Waals surface area (Å²) in [5.74, 6) is -0.00566. The fourth-order valence-electron chi connectivity index (χ4n) is 2.42. The van der Waals surface area contributed by atoms with Crippen LogP contribution >= 0.6 is 24.0 Å². The molecule has 0 aromatic heterocycles. The van der Waals surface area contributed by atoms with Crippen LogP contribution in [0.25, 0.3) is 0 Å². The van der Waals surface area contributed by atoms with E-state index in [1.54, 1.807) is 30.3 Å². The van der Waals surface area contributed by atoms with E-state index < -0.39 is 5.91 Å². The lowest BCUT2D eigenvalue weighted by atomic mass is 9.92. The highest BCUT2D eigenvalue weighted by atomic mass is 35.5. The molecule has 0 aliphatic carbocycles. The highest BCUT2D eigenvalue weighted by Crippen LogP contribution is 2.27. The topological polar surface area (TPSA) is 93.4 Å². The van der Waals surface area contributed by atoms with E-state index in [0.717, 1.165) is 0 Å². The van der Waals surface area contributed by atoms with Crippen molar-refractivity contribution in [3.63, 3.8) is 0 Å². The van der Waals surface area contributed by atoms with E-state index in [2.05, 4.69) is 10.6 Å². The van der Waals surface area contributed by atoms with Crippen molar-refractivity contribution in [1.82, 2.24) is 0 Å². The van der Waals surface area contributed by atoms with Gasteiger partial charge >= 0.3 is 0 Å². The Hall–Kier alpha value is -2.44. The Morgan fingerprint density at radius 1 is 1.11 bits per heavy atom. The maximum absolute atomic E-state index is 12.6. The molecule has 0 atom stereocenters. The molecule has 152 valence electrons. The summed E-state index contributed by atoms with van der Waals surface area (Å²) in [7, 11) is 1.53. The Morgan fingerprint density at radius 2 is 1.79 bits per heavy atom. The zero-order chi connectivity index (χ0) is 20.2. The zero-order valence-corrected chi connectivity index (χ0v) is 17.8. The third-order valence-electron chi connectivity index (χ3n) is 3.69. The highest BCUT2D eigenvalue weighted by Gasteiger charge is 2.18. The molecule has 0 bridgehead atoms. The first-order valence-electron chi connectivity index (χ1n) is 8.43. The van der Waals surface area contributed by atoms with Crippen LogP contribution in [0, 0.1) is 5.41 Å². The van der Waals surface area contributed by atoms with Crippen molar-refractivity contribution < 1.29 is 14.3 Å². The van der Waals surface area contributed by atoms with Gasteiger partial charge in [-0.15, -0.1) is 12.4 Å². The second-order valence-electron chi connectivity index (χ2n) is 7.39. The molecule has 0 aliphatic heterocycles. The van der Waals surface area contributed by atoms with Crippen LogP contribution in [0.5, 0.6) is 5.75 Å². The summed E-state index contributed by atoms with van der Waals surface area (Å²) in [6.45, 7) is 5.93. The number of carbonyl (C=O) groups is 2. The van der Waals surface area contributed by atoms with Gasteiger partial charge in [-0.3, -0.25) is 9.59 Å². The summed E-state index contributed by atoms with van der Waals surface area (Å²) < 4.78 is 5.14. The first-order chi connectivity index (χ1) is 12.6. The monoisotopic (exact) mass is 425 g/mol. The molecule has 0 fully saturated rings. The minimum Gasteiger partial charge on any atom is -0.497 e. The van der Waals surface area contributed by atoms with Crippen molar-refractivity contribution in [3.05, 3.63) is 47.0 Å². The van der Waals surface area contributed by atoms with Gasteiger partial charge in [0.1, 0.15) is 5.75 Å². The first-order valence-corrected chi connectivity index (χ1v) is 8.81. The van der Waals surface area contributed by atoms with Crippen LogP contribution in [-0.4, -0.2) is 18.9 Å². The van der Waals surface area contributed by atoms with Crippen molar-refractivity contribution in [2.45, 2.75) is 27.2 Å². The molecule has 0 aliphatic rings. The van der Waals surface area contributed by atoms with E-state index in [1.807, 2.05) is 20.8 Å².